The first kappa shape index (κ1) is 31.2. The number of hydrogen-bond acceptors (Lipinski definition) is 8. The highest BCUT2D eigenvalue weighted by atomic mass is 19.1. The van der Waals surface area contributed by atoms with Crippen LogP contribution in [0.5, 0.6) is 0 Å². The number of rotatable bonds is 13. The average molecular weight is 611 g/mol. The molecule has 232 valence electrons. The predicted octanol–water partition coefficient (Wildman–Crippen LogP) is 4.95. The lowest BCUT2D eigenvalue weighted by molar-refractivity contribution is -0.147. The summed E-state index contributed by atoms with van der Waals surface area (Å²) in [6.07, 6.45) is 3.07. The second kappa shape index (κ2) is 14.5. The lowest BCUT2D eigenvalue weighted by Crippen LogP contribution is -2.39. The van der Waals surface area contributed by atoms with Crippen LogP contribution >= 0.6 is 0 Å². The van der Waals surface area contributed by atoms with Gasteiger partial charge >= 0.3 is 5.97 Å². The van der Waals surface area contributed by atoms with Gasteiger partial charge < -0.3 is 10.1 Å². The van der Waals surface area contributed by atoms with Crippen LogP contribution in [-0.2, 0) is 28.9 Å². The van der Waals surface area contributed by atoms with Gasteiger partial charge in [0.15, 0.2) is 5.82 Å². The van der Waals surface area contributed by atoms with Gasteiger partial charge in [-0.15, -0.1) is 5.10 Å². The van der Waals surface area contributed by atoms with E-state index >= 15 is 0 Å². The van der Waals surface area contributed by atoms with Crippen LogP contribution in [0.4, 0.5) is 4.39 Å². The zero-order valence-electron chi connectivity index (χ0n) is 25.4. The van der Waals surface area contributed by atoms with Gasteiger partial charge in [-0.2, -0.15) is 5.10 Å². The minimum atomic E-state index is -0.687. The minimum Gasteiger partial charge on any atom is -0.463 e. The molecule has 2 N–H and O–H groups in total. The summed E-state index contributed by atoms with van der Waals surface area (Å²) in [6, 6.07) is 19.0. The Bertz CT molecular complexity index is 1740. The molecule has 1 amide bonds. The summed E-state index contributed by atoms with van der Waals surface area (Å²) in [5, 5.41) is 21.7. The van der Waals surface area contributed by atoms with Crippen LogP contribution in [0.3, 0.4) is 0 Å². The SMILES string of the molecule is CCCc1cc(C(=O)NC(CC(=O)OC(C)C)Cc2ccccc2F)nn1Cc1ccc(-c2ccccc2-c2nnn[nH]2)nc1. The Hall–Kier alpha value is -5.26. The molecule has 2 aromatic carbocycles. The van der Waals surface area contributed by atoms with E-state index in [0.29, 0.717) is 24.4 Å². The molecule has 0 saturated heterocycles. The summed E-state index contributed by atoms with van der Waals surface area (Å²) in [7, 11) is 0. The van der Waals surface area contributed by atoms with Gasteiger partial charge in [-0.25, -0.2) is 9.49 Å². The van der Waals surface area contributed by atoms with Crippen molar-refractivity contribution in [2.45, 2.75) is 65.1 Å². The Kier molecular flexibility index (Phi) is 10.0. The molecule has 3 heterocycles. The molecular formula is C33H35FN8O3. The van der Waals surface area contributed by atoms with E-state index < -0.39 is 23.7 Å². The first-order valence-corrected chi connectivity index (χ1v) is 14.9. The van der Waals surface area contributed by atoms with E-state index in [-0.39, 0.29) is 24.6 Å². The number of nitrogens with zero attached hydrogens (tertiary/aromatic N) is 6. The van der Waals surface area contributed by atoms with E-state index in [4.69, 9.17) is 9.72 Å². The van der Waals surface area contributed by atoms with Crippen LogP contribution in [-0.4, -0.2) is 59.4 Å². The third kappa shape index (κ3) is 8.02. The number of benzene rings is 2. The van der Waals surface area contributed by atoms with E-state index in [9.17, 15) is 14.0 Å². The molecule has 3 aromatic heterocycles. The standard InChI is InChI=1S/C33H35FN8O3/c1-4-9-25-18-30(33(44)36-24(17-31(43)45-21(2)3)16-23-10-5-8-13-28(23)34)39-42(25)20-22-14-15-29(35-19-22)26-11-6-7-12-27(26)32-37-40-41-38-32/h5-8,10-15,18-19,21,24H,4,9,16-17,20H2,1-3H3,(H,36,44)(H,37,38,40,41). The second-order valence-corrected chi connectivity index (χ2v) is 11.0. The van der Waals surface area contributed by atoms with Crippen molar-refractivity contribution in [3.05, 3.63) is 101 Å². The lowest BCUT2D eigenvalue weighted by Gasteiger charge is -2.19. The Morgan fingerprint density at radius 3 is 2.51 bits per heavy atom. The van der Waals surface area contributed by atoms with Gasteiger partial charge in [-0.1, -0.05) is 61.9 Å². The van der Waals surface area contributed by atoms with E-state index in [1.165, 1.54) is 6.07 Å². The van der Waals surface area contributed by atoms with Crippen LogP contribution in [0.15, 0.2) is 72.9 Å². The number of ether oxygens (including phenoxy) is 1. The molecule has 0 fully saturated rings. The van der Waals surface area contributed by atoms with Crippen molar-refractivity contribution in [3.8, 4) is 22.6 Å². The summed E-state index contributed by atoms with van der Waals surface area (Å²) in [5.41, 5.74) is 4.88. The Morgan fingerprint density at radius 2 is 1.82 bits per heavy atom. The smallest absolute Gasteiger partial charge is 0.308 e. The van der Waals surface area contributed by atoms with Crippen LogP contribution in [0, 0.1) is 5.82 Å². The van der Waals surface area contributed by atoms with Crippen molar-refractivity contribution in [2.24, 2.45) is 0 Å². The van der Waals surface area contributed by atoms with Gasteiger partial charge in [-0.05, 0) is 66.4 Å². The van der Waals surface area contributed by atoms with Crippen molar-refractivity contribution in [1.82, 2.24) is 40.7 Å². The first-order chi connectivity index (χ1) is 21.8. The van der Waals surface area contributed by atoms with Gasteiger partial charge in [-0.3, -0.25) is 19.3 Å². The summed E-state index contributed by atoms with van der Waals surface area (Å²) < 4.78 is 21.5. The van der Waals surface area contributed by atoms with Crippen LogP contribution in [0.2, 0.25) is 0 Å². The monoisotopic (exact) mass is 610 g/mol. The second-order valence-electron chi connectivity index (χ2n) is 11.0. The summed E-state index contributed by atoms with van der Waals surface area (Å²) in [5.74, 6) is -0.769. The van der Waals surface area contributed by atoms with Crippen molar-refractivity contribution in [3.63, 3.8) is 0 Å². The largest absolute Gasteiger partial charge is 0.463 e. The summed E-state index contributed by atoms with van der Waals surface area (Å²) in [6.45, 7) is 5.97. The van der Waals surface area contributed by atoms with E-state index in [1.54, 1.807) is 49.0 Å². The number of aromatic nitrogens is 7. The van der Waals surface area contributed by atoms with Gasteiger partial charge in [0, 0.05) is 29.1 Å². The summed E-state index contributed by atoms with van der Waals surface area (Å²) >= 11 is 0. The number of halogens is 1. The molecule has 5 rings (SSSR count). The number of hydrogen-bond donors (Lipinski definition) is 2. The van der Waals surface area contributed by atoms with Gasteiger partial charge in [0.1, 0.15) is 11.5 Å². The number of carbonyl (C=O) groups is 2. The number of tetrazole rings is 1. The van der Waals surface area contributed by atoms with Crippen LogP contribution < -0.4 is 5.32 Å². The molecule has 0 spiro atoms. The number of pyridine rings is 1. The number of aromatic amines is 1. The fourth-order valence-corrected chi connectivity index (χ4v) is 5.07. The summed E-state index contributed by atoms with van der Waals surface area (Å²) in [4.78, 5) is 30.6. The molecule has 11 nitrogen and oxygen atoms in total. The molecule has 0 bridgehead atoms. The van der Waals surface area contributed by atoms with Gasteiger partial charge in [0.2, 0.25) is 0 Å². The number of nitrogens with one attached hydrogen (secondary N) is 2. The molecule has 1 unspecified atom stereocenters. The molecule has 0 radical (unpaired) electrons. The molecular weight excluding hydrogens is 575 g/mol. The highest BCUT2D eigenvalue weighted by Gasteiger charge is 2.23. The minimum absolute atomic E-state index is 0.102. The number of esters is 1. The molecule has 0 aliphatic heterocycles. The number of amides is 1. The normalized spacial score (nSPS) is 11.8. The van der Waals surface area contributed by atoms with Crippen LogP contribution in [0.1, 0.15) is 60.9 Å². The topological polar surface area (TPSA) is 141 Å². The van der Waals surface area contributed by atoms with E-state index in [2.05, 4.69) is 38.0 Å². The molecule has 45 heavy (non-hydrogen) atoms. The maximum Gasteiger partial charge on any atom is 0.308 e. The molecule has 12 heteroatoms. The highest BCUT2D eigenvalue weighted by Crippen LogP contribution is 2.28. The van der Waals surface area contributed by atoms with Crippen molar-refractivity contribution >= 4 is 11.9 Å². The lowest BCUT2D eigenvalue weighted by atomic mass is 10.0. The van der Waals surface area contributed by atoms with E-state index in [1.807, 2.05) is 36.4 Å². The Balaban J connectivity index is 1.33. The third-order valence-corrected chi connectivity index (χ3v) is 7.10. The number of H-pyrrole nitrogens is 1. The molecule has 0 aliphatic carbocycles. The molecule has 1 atom stereocenters. The van der Waals surface area contributed by atoms with Crippen molar-refractivity contribution in [2.75, 3.05) is 0 Å². The highest BCUT2D eigenvalue weighted by molar-refractivity contribution is 5.93. The number of aryl methyl sites for hydroxylation is 1. The first-order valence-electron chi connectivity index (χ1n) is 14.9. The Morgan fingerprint density at radius 1 is 1.04 bits per heavy atom. The van der Waals surface area contributed by atoms with Gasteiger partial charge in [0.25, 0.3) is 5.91 Å². The maximum atomic E-state index is 14.5. The fraction of sp³-hybridized carbons (Fsp3) is 0.303. The van der Waals surface area contributed by atoms with Crippen molar-refractivity contribution in [1.29, 1.82) is 0 Å². The zero-order chi connectivity index (χ0) is 31.8. The van der Waals surface area contributed by atoms with E-state index in [0.717, 1.165) is 34.5 Å². The Labute approximate surface area is 260 Å². The molecule has 5 aromatic rings. The quantitative estimate of drug-likeness (QED) is 0.179. The predicted molar refractivity (Wildman–Crippen MR) is 165 cm³/mol. The maximum absolute atomic E-state index is 14.5. The average Bonchev–Trinajstić information content (AvgIpc) is 3.69. The van der Waals surface area contributed by atoms with Crippen LogP contribution in [0.25, 0.3) is 22.6 Å². The van der Waals surface area contributed by atoms with Gasteiger partial charge in [0.05, 0.1) is 24.8 Å². The van der Waals surface area contributed by atoms with Crippen molar-refractivity contribution < 1.29 is 18.7 Å². The molecule has 0 saturated carbocycles. The molecule has 0 aliphatic rings. The third-order valence-electron chi connectivity index (χ3n) is 7.10. The fourth-order valence-electron chi connectivity index (χ4n) is 5.07. The number of carbonyl (C=O) groups excluding carboxylic acids is 2. The zero-order valence-corrected chi connectivity index (χ0v) is 25.4.